The van der Waals surface area contributed by atoms with Crippen molar-refractivity contribution in [2.45, 2.75) is 32.6 Å². The molecule has 4 heteroatoms. The summed E-state index contributed by atoms with van der Waals surface area (Å²) in [4.78, 5) is 14.8. The molecule has 1 amide bonds. The minimum atomic E-state index is 0.146. The molecule has 138 valence electrons. The van der Waals surface area contributed by atoms with Crippen molar-refractivity contribution in [3.8, 4) is 0 Å². The molecule has 0 bridgehead atoms. The van der Waals surface area contributed by atoms with Gasteiger partial charge in [-0.05, 0) is 62.4 Å². The number of amides is 1. The number of carbonyl (C=O) groups excluding carboxylic acids is 1. The summed E-state index contributed by atoms with van der Waals surface area (Å²) in [6.45, 7) is 4.74. The van der Waals surface area contributed by atoms with E-state index in [2.05, 4.69) is 41.4 Å². The third kappa shape index (κ3) is 5.25. The van der Waals surface area contributed by atoms with Crippen molar-refractivity contribution in [3.05, 3.63) is 64.7 Å². The van der Waals surface area contributed by atoms with Gasteiger partial charge in [0.25, 0.3) is 0 Å². The van der Waals surface area contributed by atoms with Crippen molar-refractivity contribution in [1.82, 2.24) is 5.32 Å². The van der Waals surface area contributed by atoms with E-state index in [0.717, 1.165) is 50.3 Å². The van der Waals surface area contributed by atoms with Crippen molar-refractivity contribution in [2.75, 3.05) is 24.5 Å². The van der Waals surface area contributed by atoms with E-state index >= 15 is 0 Å². The average molecular weight is 371 g/mol. The van der Waals surface area contributed by atoms with Crippen LogP contribution in [-0.2, 0) is 11.2 Å². The van der Waals surface area contributed by atoms with Gasteiger partial charge < -0.3 is 10.2 Å². The highest BCUT2D eigenvalue weighted by atomic mass is 35.5. The maximum absolute atomic E-state index is 12.4. The molecule has 2 aromatic rings. The van der Waals surface area contributed by atoms with Crippen molar-refractivity contribution in [2.24, 2.45) is 5.92 Å². The summed E-state index contributed by atoms with van der Waals surface area (Å²) in [7, 11) is 0. The summed E-state index contributed by atoms with van der Waals surface area (Å²) in [6, 6.07) is 16.6. The van der Waals surface area contributed by atoms with E-state index in [-0.39, 0.29) is 11.8 Å². The zero-order valence-corrected chi connectivity index (χ0v) is 16.1. The first-order valence-electron chi connectivity index (χ1n) is 9.45. The third-order valence-corrected chi connectivity index (χ3v) is 5.37. The SMILES string of the molecule is Cc1ccc(N2CCC(C(=O)NCCCc3ccc(Cl)cc3)CC2)cc1. The Morgan fingerprint density at radius 3 is 2.38 bits per heavy atom. The van der Waals surface area contributed by atoms with Crippen molar-refractivity contribution >= 4 is 23.2 Å². The van der Waals surface area contributed by atoms with Gasteiger partial charge in [-0.3, -0.25) is 4.79 Å². The monoisotopic (exact) mass is 370 g/mol. The maximum atomic E-state index is 12.4. The molecule has 0 atom stereocenters. The van der Waals surface area contributed by atoms with Gasteiger partial charge in [-0.25, -0.2) is 0 Å². The number of nitrogens with one attached hydrogen (secondary N) is 1. The molecule has 1 fully saturated rings. The fourth-order valence-electron chi connectivity index (χ4n) is 3.45. The minimum Gasteiger partial charge on any atom is -0.371 e. The van der Waals surface area contributed by atoms with Crippen LogP contribution in [-0.4, -0.2) is 25.5 Å². The predicted molar refractivity (Wildman–Crippen MR) is 109 cm³/mol. The summed E-state index contributed by atoms with van der Waals surface area (Å²) >= 11 is 5.90. The largest absolute Gasteiger partial charge is 0.371 e. The minimum absolute atomic E-state index is 0.146. The van der Waals surface area contributed by atoms with Crippen LogP contribution < -0.4 is 10.2 Å². The van der Waals surface area contributed by atoms with Gasteiger partial charge in [-0.1, -0.05) is 41.4 Å². The quantitative estimate of drug-likeness (QED) is 0.753. The molecule has 0 unspecified atom stereocenters. The van der Waals surface area contributed by atoms with E-state index in [1.807, 2.05) is 24.3 Å². The standard InChI is InChI=1S/C22H27ClN2O/c1-17-4-10-21(11-5-17)25-15-12-19(13-16-25)22(26)24-14-2-3-18-6-8-20(23)9-7-18/h4-11,19H,2-3,12-16H2,1H3,(H,24,26). The van der Waals surface area contributed by atoms with Gasteiger partial charge in [0, 0.05) is 36.3 Å². The predicted octanol–water partition coefficient (Wildman–Crippen LogP) is 4.61. The lowest BCUT2D eigenvalue weighted by Gasteiger charge is -2.33. The molecule has 1 N–H and O–H groups in total. The molecule has 3 nitrogen and oxygen atoms in total. The van der Waals surface area contributed by atoms with E-state index in [1.165, 1.54) is 16.8 Å². The summed E-state index contributed by atoms with van der Waals surface area (Å²) < 4.78 is 0. The fraction of sp³-hybridized carbons (Fsp3) is 0.409. The summed E-state index contributed by atoms with van der Waals surface area (Å²) in [6.07, 6.45) is 3.77. The Hall–Kier alpha value is -2.00. The number of piperidine rings is 1. The van der Waals surface area contributed by atoms with E-state index in [1.54, 1.807) is 0 Å². The number of aryl methyl sites for hydroxylation is 2. The number of hydrogen-bond donors (Lipinski definition) is 1. The number of halogens is 1. The smallest absolute Gasteiger partial charge is 0.223 e. The highest BCUT2D eigenvalue weighted by molar-refractivity contribution is 6.30. The lowest BCUT2D eigenvalue weighted by molar-refractivity contribution is -0.125. The fourth-order valence-corrected chi connectivity index (χ4v) is 3.58. The molecule has 1 heterocycles. The van der Waals surface area contributed by atoms with Crippen molar-refractivity contribution in [3.63, 3.8) is 0 Å². The Kier molecular flexibility index (Phi) is 6.56. The van der Waals surface area contributed by atoms with Gasteiger partial charge in [-0.2, -0.15) is 0 Å². The topological polar surface area (TPSA) is 32.3 Å². The molecule has 0 radical (unpaired) electrons. The van der Waals surface area contributed by atoms with Gasteiger partial charge >= 0.3 is 0 Å². The number of benzene rings is 2. The molecule has 0 aliphatic carbocycles. The lowest BCUT2D eigenvalue weighted by atomic mass is 9.95. The second kappa shape index (κ2) is 9.09. The highest BCUT2D eigenvalue weighted by Gasteiger charge is 2.24. The second-order valence-corrected chi connectivity index (χ2v) is 7.55. The molecule has 1 aliphatic heterocycles. The van der Waals surface area contributed by atoms with Gasteiger partial charge in [0.05, 0.1) is 0 Å². The van der Waals surface area contributed by atoms with Gasteiger partial charge in [0.2, 0.25) is 5.91 Å². The molecule has 1 saturated heterocycles. The number of hydrogen-bond acceptors (Lipinski definition) is 2. The Bertz CT molecular complexity index is 704. The first-order valence-corrected chi connectivity index (χ1v) is 9.83. The second-order valence-electron chi connectivity index (χ2n) is 7.12. The van der Waals surface area contributed by atoms with Crippen molar-refractivity contribution < 1.29 is 4.79 Å². The zero-order chi connectivity index (χ0) is 18.4. The molecule has 26 heavy (non-hydrogen) atoms. The third-order valence-electron chi connectivity index (χ3n) is 5.12. The van der Waals surface area contributed by atoms with Crippen LogP contribution in [0.4, 0.5) is 5.69 Å². The van der Waals surface area contributed by atoms with Gasteiger partial charge in [-0.15, -0.1) is 0 Å². The summed E-state index contributed by atoms with van der Waals surface area (Å²) in [5.41, 5.74) is 3.80. The van der Waals surface area contributed by atoms with Gasteiger partial charge in [0.15, 0.2) is 0 Å². The van der Waals surface area contributed by atoms with E-state index < -0.39 is 0 Å². The van der Waals surface area contributed by atoms with Crippen LogP contribution in [0.5, 0.6) is 0 Å². The summed E-state index contributed by atoms with van der Waals surface area (Å²) in [5, 5.41) is 3.88. The van der Waals surface area contributed by atoms with E-state index in [9.17, 15) is 4.79 Å². The van der Waals surface area contributed by atoms with Crippen LogP contribution in [0, 0.1) is 12.8 Å². The van der Waals surface area contributed by atoms with Crippen molar-refractivity contribution in [1.29, 1.82) is 0 Å². The molecule has 1 aliphatic rings. The Morgan fingerprint density at radius 2 is 1.73 bits per heavy atom. The Balaban J connectivity index is 1.37. The normalized spacial score (nSPS) is 15.1. The van der Waals surface area contributed by atoms with Crippen LogP contribution in [0.3, 0.4) is 0 Å². The van der Waals surface area contributed by atoms with Crippen LogP contribution in [0.1, 0.15) is 30.4 Å². The number of anilines is 1. The van der Waals surface area contributed by atoms with Crippen LogP contribution in [0.15, 0.2) is 48.5 Å². The molecule has 0 aromatic heterocycles. The number of nitrogens with zero attached hydrogens (tertiary/aromatic N) is 1. The lowest BCUT2D eigenvalue weighted by Crippen LogP contribution is -2.40. The van der Waals surface area contributed by atoms with E-state index in [4.69, 9.17) is 11.6 Å². The highest BCUT2D eigenvalue weighted by Crippen LogP contribution is 2.23. The molecular formula is C22H27ClN2O. The first-order chi connectivity index (χ1) is 12.6. The Morgan fingerprint density at radius 1 is 1.08 bits per heavy atom. The number of rotatable bonds is 6. The molecule has 0 saturated carbocycles. The van der Waals surface area contributed by atoms with Crippen LogP contribution >= 0.6 is 11.6 Å². The zero-order valence-electron chi connectivity index (χ0n) is 15.4. The van der Waals surface area contributed by atoms with E-state index in [0.29, 0.717) is 0 Å². The van der Waals surface area contributed by atoms with Crippen LogP contribution in [0.2, 0.25) is 5.02 Å². The molecular weight excluding hydrogens is 344 g/mol. The molecule has 0 spiro atoms. The molecule has 3 rings (SSSR count). The summed E-state index contributed by atoms with van der Waals surface area (Å²) in [5.74, 6) is 0.358. The Labute approximate surface area is 161 Å². The average Bonchev–Trinajstić information content (AvgIpc) is 2.67. The number of carbonyl (C=O) groups is 1. The maximum Gasteiger partial charge on any atom is 0.223 e. The van der Waals surface area contributed by atoms with Gasteiger partial charge in [0.1, 0.15) is 0 Å². The van der Waals surface area contributed by atoms with Crippen LogP contribution in [0.25, 0.3) is 0 Å². The molecule has 2 aromatic carbocycles. The first kappa shape index (κ1) is 18.8.